The Morgan fingerprint density at radius 3 is 2.89 bits per heavy atom. The largest absolute Gasteiger partial charge is 0.309 e. The van der Waals surface area contributed by atoms with Crippen molar-refractivity contribution in [2.75, 3.05) is 13.1 Å². The fraction of sp³-hybridized carbons (Fsp3) is 0.857. The van der Waals surface area contributed by atoms with E-state index in [1.807, 2.05) is 4.68 Å². The smallest absolute Gasteiger partial charge is 0.141 e. The van der Waals surface area contributed by atoms with Gasteiger partial charge in [-0.05, 0) is 26.7 Å². The van der Waals surface area contributed by atoms with Crippen LogP contribution in [0.5, 0.6) is 0 Å². The fourth-order valence-corrected chi connectivity index (χ4v) is 2.79. The third kappa shape index (κ3) is 3.54. The van der Waals surface area contributed by atoms with Crippen LogP contribution in [0.25, 0.3) is 0 Å². The van der Waals surface area contributed by atoms with Crippen molar-refractivity contribution in [1.29, 1.82) is 0 Å². The molecule has 1 unspecified atom stereocenters. The van der Waals surface area contributed by atoms with Crippen molar-refractivity contribution in [3.05, 3.63) is 12.2 Å². The first-order valence-electron chi connectivity index (χ1n) is 7.41. The van der Waals surface area contributed by atoms with Crippen molar-refractivity contribution < 1.29 is 0 Å². The van der Waals surface area contributed by atoms with Crippen LogP contribution >= 0.6 is 0 Å². The molecule has 1 saturated heterocycles. The van der Waals surface area contributed by atoms with Crippen LogP contribution in [0.4, 0.5) is 0 Å². The van der Waals surface area contributed by atoms with Crippen LogP contribution < -0.4 is 5.32 Å². The third-order valence-corrected chi connectivity index (χ3v) is 3.88. The molecule has 2 rings (SSSR count). The Bertz CT molecular complexity index is 398. The van der Waals surface area contributed by atoms with Crippen LogP contribution in [0, 0.1) is 0 Å². The summed E-state index contributed by atoms with van der Waals surface area (Å²) in [6.07, 6.45) is 3.95. The van der Waals surface area contributed by atoms with E-state index < -0.39 is 0 Å². The molecular formula is C14H27N5. The second kappa shape index (κ2) is 6.01. The highest BCUT2D eigenvalue weighted by Gasteiger charge is 2.32. The van der Waals surface area contributed by atoms with Crippen molar-refractivity contribution in [1.82, 2.24) is 25.0 Å². The monoisotopic (exact) mass is 265 g/mol. The van der Waals surface area contributed by atoms with Gasteiger partial charge in [-0.2, -0.15) is 5.10 Å². The number of hydrogen-bond donors (Lipinski definition) is 1. The minimum atomic E-state index is 0.182. The molecular weight excluding hydrogens is 238 g/mol. The first kappa shape index (κ1) is 14.5. The summed E-state index contributed by atoms with van der Waals surface area (Å²) in [7, 11) is 0. The first-order chi connectivity index (χ1) is 9.05. The molecule has 5 nitrogen and oxygen atoms in total. The second-order valence-electron chi connectivity index (χ2n) is 6.13. The summed E-state index contributed by atoms with van der Waals surface area (Å²) in [5.74, 6) is 1.10. The summed E-state index contributed by atoms with van der Waals surface area (Å²) in [5, 5.41) is 7.95. The first-order valence-corrected chi connectivity index (χ1v) is 7.41. The van der Waals surface area contributed by atoms with Crippen molar-refractivity contribution in [3.8, 4) is 0 Å². The van der Waals surface area contributed by atoms with Gasteiger partial charge in [-0.3, -0.25) is 4.90 Å². The molecule has 1 aromatic heterocycles. The molecule has 1 aromatic rings. The van der Waals surface area contributed by atoms with Crippen molar-refractivity contribution in [3.63, 3.8) is 0 Å². The highest BCUT2D eigenvalue weighted by Crippen LogP contribution is 2.19. The van der Waals surface area contributed by atoms with Gasteiger partial charge in [0.2, 0.25) is 0 Å². The molecule has 5 heteroatoms. The second-order valence-corrected chi connectivity index (χ2v) is 6.13. The molecule has 0 amide bonds. The van der Waals surface area contributed by atoms with Gasteiger partial charge in [0.15, 0.2) is 0 Å². The van der Waals surface area contributed by atoms with Crippen molar-refractivity contribution >= 4 is 0 Å². The van der Waals surface area contributed by atoms with Gasteiger partial charge in [0, 0.05) is 31.2 Å². The Hall–Kier alpha value is -0.940. The SMILES string of the molecule is CCCn1ncnc1CN1CC(C)(C)NCC1CC. The summed E-state index contributed by atoms with van der Waals surface area (Å²) < 4.78 is 2.04. The van der Waals surface area contributed by atoms with Crippen LogP contribution in [0.3, 0.4) is 0 Å². The lowest BCUT2D eigenvalue weighted by molar-refractivity contribution is 0.0819. The lowest BCUT2D eigenvalue weighted by atomic mass is 9.97. The van der Waals surface area contributed by atoms with E-state index in [1.165, 1.54) is 6.42 Å². The predicted octanol–water partition coefficient (Wildman–Crippen LogP) is 1.65. The molecule has 0 radical (unpaired) electrons. The van der Waals surface area contributed by atoms with Crippen LogP contribution in [0.15, 0.2) is 6.33 Å². The van der Waals surface area contributed by atoms with Gasteiger partial charge in [-0.1, -0.05) is 13.8 Å². The van der Waals surface area contributed by atoms with Crippen LogP contribution in [0.2, 0.25) is 0 Å². The molecule has 0 spiro atoms. The average molecular weight is 265 g/mol. The van der Waals surface area contributed by atoms with Crippen LogP contribution in [-0.2, 0) is 13.1 Å². The molecule has 0 saturated carbocycles. The topological polar surface area (TPSA) is 46.0 Å². The summed E-state index contributed by atoms with van der Waals surface area (Å²) in [4.78, 5) is 6.98. The van der Waals surface area contributed by atoms with E-state index in [1.54, 1.807) is 6.33 Å². The predicted molar refractivity (Wildman–Crippen MR) is 76.9 cm³/mol. The number of nitrogens with one attached hydrogen (secondary N) is 1. The maximum atomic E-state index is 4.44. The lowest BCUT2D eigenvalue weighted by Gasteiger charge is -2.44. The molecule has 0 aliphatic carbocycles. The molecule has 1 aliphatic heterocycles. The molecule has 1 atom stereocenters. The van der Waals surface area contributed by atoms with Gasteiger partial charge in [-0.25, -0.2) is 9.67 Å². The minimum Gasteiger partial charge on any atom is -0.309 e. The number of piperazine rings is 1. The maximum Gasteiger partial charge on any atom is 0.141 e. The van der Waals surface area contributed by atoms with Gasteiger partial charge in [0.05, 0.1) is 6.54 Å². The van der Waals surface area contributed by atoms with Gasteiger partial charge in [0.25, 0.3) is 0 Å². The fourth-order valence-electron chi connectivity index (χ4n) is 2.79. The zero-order chi connectivity index (χ0) is 13.9. The molecule has 19 heavy (non-hydrogen) atoms. The highest BCUT2D eigenvalue weighted by atomic mass is 15.4. The molecule has 1 fully saturated rings. The summed E-state index contributed by atoms with van der Waals surface area (Å²) in [6.45, 7) is 13.0. The van der Waals surface area contributed by atoms with Gasteiger partial charge in [0.1, 0.15) is 12.2 Å². The number of rotatable bonds is 5. The molecule has 0 aromatic carbocycles. The number of aromatic nitrogens is 3. The average Bonchev–Trinajstić information content (AvgIpc) is 2.77. The molecule has 1 N–H and O–H groups in total. The van der Waals surface area contributed by atoms with E-state index in [9.17, 15) is 0 Å². The Morgan fingerprint density at radius 1 is 1.42 bits per heavy atom. The molecule has 108 valence electrons. The van der Waals surface area contributed by atoms with Crippen molar-refractivity contribution in [2.45, 2.75) is 65.2 Å². The summed E-state index contributed by atoms with van der Waals surface area (Å²) in [6, 6.07) is 0.597. The maximum absolute atomic E-state index is 4.44. The van der Waals surface area contributed by atoms with Gasteiger partial charge < -0.3 is 5.32 Å². The lowest BCUT2D eigenvalue weighted by Crippen LogP contribution is -2.61. The molecule has 1 aliphatic rings. The van der Waals surface area contributed by atoms with E-state index in [0.29, 0.717) is 6.04 Å². The van der Waals surface area contributed by atoms with E-state index in [-0.39, 0.29) is 5.54 Å². The zero-order valence-corrected chi connectivity index (χ0v) is 12.7. The number of nitrogens with zero attached hydrogens (tertiary/aromatic N) is 4. The quantitative estimate of drug-likeness (QED) is 0.879. The van der Waals surface area contributed by atoms with Gasteiger partial charge in [-0.15, -0.1) is 0 Å². The Labute approximate surface area is 116 Å². The van der Waals surface area contributed by atoms with Gasteiger partial charge >= 0.3 is 0 Å². The van der Waals surface area contributed by atoms with Crippen LogP contribution in [-0.4, -0.2) is 44.3 Å². The normalized spacial score (nSPS) is 23.7. The summed E-state index contributed by atoms with van der Waals surface area (Å²) in [5.41, 5.74) is 0.182. The Balaban J connectivity index is 2.08. The third-order valence-electron chi connectivity index (χ3n) is 3.88. The number of aryl methyl sites for hydroxylation is 1. The van der Waals surface area contributed by atoms with E-state index in [0.717, 1.165) is 38.4 Å². The molecule has 0 bridgehead atoms. The Kier molecular flexibility index (Phi) is 4.58. The minimum absolute atomic E-state index is 0.182. The van der Waals surface area contributed by atoms with E-state index in [2.05, 4.69) is 48.0 Å². The van der Waals surface area contributed by atoms with Crippen molar-refractivity contribution in [2.24, 2.45) is 0 Å². The Morgan fingerprint density at radius 2 is 2.21 bits per heavy atom. The van der Waals surface area contributed by atoms with Crippen LogP contribution in [0.1, 0.15) is 46.4 Å². The molecule has 2 heterocycles. The number of hydrogen-bond acceptors (Lipinski definition) is 4. The summed E-state index contributed by atoms with van der Waals surface area (Å²) >= 11 is 0. The zero-order valence-electron chi connectivity index (χ0n) is 12.7. The highest BCUT2D eigenvalue weighted by molar-refractivity contribution is 4.95. The van der Waals surface area contributed by atoms with E-state index >= 15 is 0 Å². The standard InChI is InChI=1S/C14H27N5/c1-5-7-19-13(15-11-17-19)9-18-10-14(3,4)16-8-12(18)6-2/h11-12,16H,5-10H2,1-4H3. The van der Waals surface area contributed by atoms with E-state index in [4.69, 9.17) is 0 Å².